The van der Waals surface area contributed by atoms with E-state index in [1.807, 2.05) is 0 Å². The van der Waals surface area contributed by atoms with Gasteiger partial charge >= 0.3 is 6.18 Å². The summed E-state index contributed by atoms with van der Waals surface area (Å²) in [6, 6.07) is 2.91. The third-order valence-corrected chi connectivity index (χ3v) is 4.74. The number of rotatable bonds is 4. The first kappa shape index (κ1) is 20.4. The normalized spacial score (nSPS) is 14.8. The van der Waals surface area contributed by atoms with Crippen LogP contribution in [0.5, 0.6) is 5.75 Å². The Hall–Kier alpha value is -2.92. The number of benzene rings is 1. The third kappa shape index (κ3) is 3.77. The van der Waals surface area contributed by atoms with Gasteiger partial charge in [0.15, 0.2) is 11.8 Å². The molecule has 1 aliphatic heterocycles. The Morgan fingerprint density at radius 2 is 2.10 bits per heavy atom. The van der Waals surface area contributed by atoms with Crippen molar-refractivity contribution in [3.05, 3.63) is 58.3 Å². The van der Waals surface area contributed by atoms with E-state index in [2.05, 4.69) is 10.1 Å². The van der Waals surface area contributed by atoms with Crippen LogP contribution >= 0.6 is 11.6 Å². The van der Waals surface area contributed by atoms with E-state index in [0.717, 1.165) is 18.2 Å². The van der Waals surface area contributed by atoms with Crippen LogP contribution in [0.3, 0.4) is 0 Å². The molecule has 1 aliphatic rings. The number of hydrogen-bond acceptors (Lipinski definition) is 5. The predicted molar refractivity (Wildman–Crippen MR) is 95.5 cm³/mol. The van der Waals surface area contributed by atoms with Crippen LogP contribution in [0.15, 0.2) is 30.6 Å². The van der Waals surface area contributed by atoms with Crippen LogP contribution in [-0.2, 0) is 13.1 Å². The molecule has 0 aliphatic carbocycles. The van der Waals surface area contributed by atoms with E-state index in [4.69, 9.17) is 21.4 Å². The Bertz CT molecular complexity index is 1130. The van der Waals surface area contributed by atoms with E-state index in [1.54, 1.807) is 6.20 Å². The number of fused-ring (bicyclic) bond motifs is 3. The lowest BCUT2D eigenvalue weighted by molar-refractivity contribution is -0.210. The van der Waals surface area contributed by atoms with Crippen molar-refractivity contribution in [2.75, 3.05) is 6.61 Å². The molecule has 2 aromatic heterocycles. The summed E-state index contributed by atoms with van der Waals surface area (Å²) in [5, 5.41) is 13.8. The van der Waals surface area contributed by atoms with Gasteiger partial charge in [0.2, 0.25) is 0 Å². The van der Waals surface area contributed by atoms with Gasteiger partial charge in [-0.1, -0.05) is 11.6 Å². The molecule has 0 spiro atoms. The van der Waals surface area contributed by atoms with Gasteiger partial charge in [0, 0.05) is 17.8 Å². The summed E-state index contributed by atoms with van der Waals surface area (Å²) in [5.74, 6) is -1.78. The molecule has 4 rings (SSSR count). The summed E-state index contributed by atoms with van der Waals surface area (Å²) in [6.45, 7) is -0.905. The summed E-state index contributed by atoms with van der Waals surface area (Å²) in [5.41, 5.74) is 1.68. The second-order valence-electron chi connectivity index (χ2n) is 6.64. The number of hydrogen-bond donors (Lipinski definition) is 1. The molecule has 1 atom stereocenters. The zero-order valence-electron chi connectivity index (χ0n) is 15.0. The maximum atomic E-state index is 13.6. The van der Waals surface area contributed by atoms with Crippen LogP contribution in [0.4, 0.5) is 17.6 Å². The minimum absolute atomic E-state index is 0.122. The smallest absolute Gasteiger partial charge is 0.417 e. The zero-order valence-corrected chi connectivity index (χ0v) is 15.8. The van der Waals surface area contributed by atoms with E-state index in [-0.39, 0.29) is 18.7 Å². The molecule has 1 aromatic carbocycles. The fraction of sp³-hybridized carbons (Fsp3) is 0.278. The first-order valence-electron chi connectivity index (χ1n) is 8.61. The number of carbonyl (C=O) groups excluding carboxylic acids is 1. The van der Waals surface area contributed by atoms with Crippen molar-refractivity contribution < 1.29 is 32.2 Å². The van der Waals surface area contributed by atoms with E-state index in [0.29, 0.717) is 21.9 Å². The highest BCUT2D eigenvalue weighted by molar-refractivity contribution is 6.30. The van der Waals surface area contributed by atoms with Gasteiger partial charge in [-0.3, -0.25) is 4.79 Å². The van der Waals surface area contributed by atoms with Crippen molar-refractivity contribution in [2.45, 2.75) is 25.4 Å². The van der Waals surface area contributed by atoms with Crippen LogP contribution in [0.2, 0.25) is 5.02 Å². The highest BCUT2D eigenvalue weighted by Gasteiger charge is 2.39. The first-order valence-corrected chi connectivity index (χ1v) is 8.99. The number of aliphatic hydroxyl groups excluding tert-OH is 1. The summed E-state index contributed by atoms with van der Waals surface area (Å²) < 4.78 is 57.5. The zero-order chi connectivity index (χ0) is 21.6. The number of carbonyl (C=O) groups is 1. The van der Waals surface area contributed by atoms with Gasteiger partial charge in [-0.05, 0) is 12.1 Å². The van der Waals surface area contributed by atoms with Gasteiger partial charge in [0.1, 0.15) is 18.2 Å². The molecule has 3 aromatic rings. The lowest BCUT2D eigenvalue weighted by atomic mass is 10.1. The molecule has 1 unspecified atom stereocenters. The maximum absolute atomic E-state index is 13.6. The molecule has 30 heavy (non-hydrogen) atoms. The molecule has 1 N–H and O–H groups in total. The van der Waals surface area contributed by atoms with Gasteiger partial charge in [-0.25, -0.2) is 13.9 Å². The number of nitrogens with zero attached hydrogens (tertiary/aromatic N) is 4. The highest BCUT2D eigenvalue weighted by Crippen LogP contribution is 2.30. The van der Waals surface area contributed by atoms with E-state index in [1.165, 1.54) is 15.6 Å². The number of aromatic nitrogens is 3. The minimum Gasteiger partial charge on any atom is -0.490 e. The monoisotopic (exact) mass is 444 g/mol. The molecule has 3 heterocycles. The Morgan fingerprint density at radius 3 is 2.83 bits per heavy atom. The Kier molecular flexibility index (Phi) is 5.02. The van der Waals surface area contributed by atoms with E-state index >= 15 is 0 Å². The number of halogens is 5. The summed E-state index contributed by atoms with van der Waals surface area (Å²) in [6.07, 6.45) is -4.65. The summed E-state index contributed by atoms with van der Waals surface area (Å²) in [7, 11) is 0. The van der Waals surface area contributed by atoms with Gasteiger partial charge in [0.25, 0.3) is 5.91 Å². The van der Waals surface area contributed by atoms with Crippen LogP contribution in [-0.4, -0.2) is 49.4 Å². The Labute approximate surface area is 171 Å². The lowest BCUT2D eigenvalue weighted by Crippen LogP contribution is -2.34. The largest absolute Gasteiger partial charge is 0.490 e. The van der Waals surface area contributed by atoms with Crippen LogP contribution in [0.25, 0.3) is 5.65 Å². The Morgan fingerprint density at radius 1 is 1.33 bits per heavy atom. The molecule has 0 bridgehead atoms. The van der Waals surface area contributed by atoms with E-state index in [9.17, 15) is 22.4 Å². The molecule has 158 valence electrons. The average molecular weight is 445 g/mol. The average Bonchev–Trinajstić information content (AvgIpc) is 3.22. The van der Waals surface area contributed by atoms with Crippen molar-refractivity contribution in [1.82, 2.24) is 19.5 Å². The highest BCUT2D eigenvalue weighted by atomic mass is 35.5. The maximum Gasteiger partial charge on any atom is 0.417 e. The van der Waals surface area contributed by atoms with Crippen molar-refractivity contribution >= 4 is 23.2 Å². The van der Waals surface area contributed by atoms with Gasteiger partial charge in [-0.2, -0.15) is 18.3 Å². The van der Waals surface area contributed by atoms with E-state index < -0.39 is 36.4 Å². The summed E-state index contributed by atoms with van der Waals surface area (Å²) >= 11 is 5.89. The standard InChI is InChI=1S/C18H13ClF4N4O3/c19-9-4-24-16-12-6-26(7-13(12)25-27(16)5-9)17(29)11-2-1-10(20)3-14(11)30-8-15(28)18(21,22)23/h1-5,15,28H,6-8H2. The second-order valence-corrected chi connectivity index (χ2v) is 7.07. The molecular weight excluding hydrogens is 432 g/mol. The van der Waals surface area contributed by atoms with Gasteiger partial charge in [-0.15, -0.1) is 0 Å². The molecule has 0 radical (unpaired) electrons. The molecule has 0 fully saturated rings. The number of ether oxygens (including phenoxy) is 1. The fourth-order valence-electron chi connectivity index (χ4n) is 3.09. The fourth-order valence-corrected chi connectivity index (χ4v) is 3.23. The molecular formula is C18H13ClF4N4O3. The minimum atomic E-state index is -4.90. The van der Waals surface area contributed by atoms with Crippen LogP contribution in [0.1, 0.15) is 21.6 Å². The number of aliphatic hydroxyl groups is 1. The van der Waals surface area contributed by atoms with Crippen molar-refractivity contribution in [3.63, 3.8) is 0 Å². The molecule has 7 nitrogen and oxygen atoms in total. The quantitative estimate of drug-likeness (QED) is 0.626. The SMILES string of the molecule is O=C(c1ccc(F)cc1OCC(O)C(F)(F)F)N1Cc2nn3cc(Cl)cnc3c2C1. The van der Waals surface area contributed by atoms with Gasteiger partial charge in [0.05, 0.1) is 35.6 Å². The molecule has 1 amide bonds. The second kappa shape index (κ2) is 7.40. The number of alkyl halides is 3. The number of amides is 1. The molecule has 0 saturated heterocycles. The topological polar surface area (TPSA) is 80.0 Å². The summed E-state index contributed by atoms with van der Waals surface area (Å²) in [4.78, 5) is 18.5. The van der Waals surface area contributed by atoms with Crippen LogP contribution in [0, 0.1) is 5.82 Å². The third-order valence-electron chi connectivity index (χ3n) is 4.54. The van der Waals surface area contributed by atoms with Gasteiger partial charge < -0.3 is 14.7 Å². The Balaban J connectivity index is 1.56. The van der Waals surface area contributed by atoms with Crippen molar-refractivity contribution in [3.8, 4) is 5.75 Å². The van der Waals surface area contributed by atoms with Crippen molar-refractivity contribution in [1.29, 1.82) is 0 Å². The first-order chi connectivity index (χ1) is 14.1. The van der Waals surface area contributed by atoms with Crippen molar-refractivity contribution in [2.24, 2.45) is 0 Å². The molecule has 0 saturated carbocycles. The predicted octanol–water partition coefficient (Wildman–Crippen LogP) is 2.98. The van der Waals surface area contributed by atoms with Crippen LogP contribution < -0.4 is 4.74 Å². The molecule has 12 heteroatoms. The lowest BCUT2D eigenvalue weighted by Gasteiger charge is -2.20.